The molecule has 0 radical (unpaired) electrons. The summed E-state index contributed by atoms with van der Waals surface area (Å²) in [6, 6.07) is 4.77. The number of nitrogens with zero attached hydrogens (tertiary/aromatic N) is 1. The van der Waals surface area contributed by atoms with E-state index in [9.17, 15) is 8.42 Å². The minimum atomic E-state index is -3.77. The van der Waals surface area contributed by atoms with Gasteiger partial charge in [0.1, 0.15) is 4.90 Å². The predicted molar refractivity (Wildman–Crippen MR) is 75.0 cm³/mol. The summed E-state index contributed by atoms with van der Waals surface area (Å²) in [6.45, 7) is 4.98. The van der Waals surface area contributed by atoms with Crippen LogP contribution >= 0.6 is 0 Å². The first-order valence-corrected chi connectivity index (χ1v) is 7.43. The van der Waals surface area contributed by atoms with Crippen LogP contribution in [0.5, 0.6) is 0 Å². The zero-order valence-corrected chi connectivity index (χ0v) is 11.9. The number of hydrogen-bond acceptors (Lipinski definition) is 4. The molecule has 0 amide bonds. The van der Waals surface area contributed by atoms with Crippen LogP contribution in [0.2, 0.25) is 0 Å². The van der Waals surface area contributed by atoms with Crippen molar-refractivity contribution in [2.75, 3.05) is 24.2 Å². The Bertz CT molecular complexity index is 514. The predicted octanol–water partition coefficient (Wildman–Crippen LogP) is 1.40. The number of benzene rings is 1. The maximum atomic E-state index is 11.6. The molecule has 0 heterocycles. The molecule has 0 saturated heterocycles. The third-order valence-electron chi connectivity index (χ3n) is 2.98. The van der Waals surface area contributed by atoms with Gasteiger partial charge in [-0.1, -0.05) is 20.3 Å². The van der Waals surface area contributed by atoms with Crippen LogP contribution in [0.3, 0.4) is 0 Å². The maximum Gasteiger partial charge on any atom is 0.240 e. The van der Waals surface area contributed by atoms with Crippen molar-refractivity contribution in [3.63, 3.8) is 0 Å². The summed E-state index contributed by atoms with van der Waals surface area (Å²) in [4.78, 5) is 1.97. The molecule has 6 heteroatoms. The average Bonchev–Trinajstić information content (AvgIpc) is 2.27. The Morgan fingerprint density at radius 3 is 2.50 bits per heavy atom. The largest absolute Gasteiger partial charge is 0.399 e. The van der Waals surface area contributed by atoms with Crippen molar-refractivity contribution in [2.24, 2.45) is 11.1 Å². The Morgan fingerprint density at radius 2 is 2.00 bits per heavy atom. The van der Waals surface area contributed by atoms with Crippen LogP contribution in [-0.4, -0.2) is 22.0 Å². The molecule has 1 unspecified atom stereocenters. The van der Waals surface area contributed by atoms with Gasteiger partial charge in [-0.2, -0.15) is 0 Å². The van der Waals surface area contributed by atoms with Crippen LogP contribution < -0.4 is 15.8 Å². The molecular weight excluding hydrogens is 250 g/mol. The molecule has 102 valence electrons. The molecule has 18 heavy (non-hydrogen) atoms. The number of nitrogens with two attached hydrogens (primary N) is 2. The van der Waals surface area contributed by atoms with Gasteiger partial charge in [-0.25, -0.2) is 13.6 Å². The van der Waals surface area contributed by atoms with Crippen LogP contribution in [0.15, 0.2) is 23.1 Å². The second-order valence-electron chi connectivity index (χ2n) is 4.67. The first-order chi connectivity index (χ1) is 8.25. The summed E-state index contributed by atoms with van der Waals surface area (Å²) < 4.78 is 23.1. The van der Waals surface area contributed by atoms with Crippen molar-refractivity contribution in [3.05, 3.63) is 18.2 Å². The van der Waals surface area contributed by atoms with E-state index in [1.807, 2.05) is 11.9 Å². The van der Waals surface area contributed by atoms with E-state index in [0.29, 0.717) is 17.3 Å². The minimum absolute atomic E-state index is 0.0771. The van der Waals surface area contributed by atoms with Gasteiger partial charge in [-0.15, -0.1) is 0 Å². The normalized spacial score (nSPS) is 13.3. The lowest BCUT2D eigenvalue weighted by Gasteiger charge is -2.24. The van der Waals surface area contributed by atoms with Crippen LogP contribution in [-0.2, 0) is 10.0 Å². The fourth-order valence-electron chi connectivity index (χ4n) is 1.77. The van der Waals surface area contributed by atoms with E-state index in [0.717, 1.165) is 13.0 Å². The van der Waals surface area contributed by atoms with Crippen molar-refractivity contribution in [3.8, 4) is 0 Å². The van der Waals surface area contributed by atoms with Crippen molar-refractivity contribution >= 4 is 21.4 Å². The molecule has 0 aliphatic carbocycles. The van der Waals surface area contributed by atoms with Gasteiger partial charge in [0.15, 0.2) is 0 Å². The first-order valence-electron chi connectivity index (χ1n) is 5.89. The molecule has 1 aromatic rings. The average molecular weight is 271 g/mol. The summed E-state index contributed by atoms with van der Waals surface area (Å²) in [5, 5.41) is 5.22. The third-order valence-corrected chi connectivity index (χ3v) is 3.92. The lowest BCUT2D eigenvalue weighted by molar-refractivity contribution is 0.557. The fourth-order valence-corrected chi connectivity index (χ4v) is 2.58. The highest BCUT2D eigenvalue weighted by molar-refractivity contribution is 7.89. The van der Waals surface area contributed by atoms with Gasteiger partial charge in [0, 0.05) is 19.3 Å². The number of rotatable bonds is 5. The van der Waals surface area contributed by atoms with Crippen molar-refractivity contribution in [2.45, 2.75) is 25.2 Å². The standard InChI is InChI=1S/C12H21N3O2S/c1-4-9(2)8-15(3)11-6-5-10(13)7-12(11)18(14,16)17/h5-7,9H,4,8,13H2,1-3H3,(H2,14,16,17). The fraction of sp³-hybridized carbons (Fsp3) is 0.500. The van der Waals surface area contributed by atoms with Crippen LogP contribution in [0.1, 0.15) is 20.3 Å². The lowest BCUT2D eigenvalue weighted by Crippen LogP contribution is -2.26. The van der Waals surface area contributed by atoms with E-state index in [1.165, 1.54) is 6.07 Å². The van der Waals surface area contributed by atoms with Gasteiger partial charge in [-0.3, -0.25) is 0 Å². The number of primary sulfonamides is 1. The monoisotopic (exact) mass is 271 g/mol. The molecule has 1 atom stereocenters. The topological polar surface area (TPSA) is 89.4 Å². The van der Waals surface area contributed by atoms with Gasteiger partial charge < -0.3 is 10.6 Å². The van der Waals surface area contributed by atoms with Gasteiger partial charge in [0.2, 0.25) is 10.0 Å². The molecule has 0 aliphatic heterocycles. The van der Waals surface area contributed by atoms with E-state index in [4.69, 9.17) is 10.9 Å². The van der Waals surface area contributed by atoms with Gasteiger partial charge in [-0.05, 0) is 24.1 Å². The second kappa shape index (κ2) is 5.58. The zero-order chi connectivity index (χ0) is 13.9. The Kier molecular flexibility index (Phi) is 4.59. The molecule has 0 aromatic heterocycles. The molecule has 0 spiro atoms. The molecule has 0 aliphatic rings. The van der Waals surface area contributed by atoms with Gasteiger partial charge in [0.05, 0.1) is 5.69 Å². The SMILES string of the molecule is CCC(C)CN(C)c1ccc(N)cc1S(N)(=O)=O. The van der Waals surface area contributed by atoms with E-state index in [-0.39, 0.29) is 4.90 Å². The highest BCUT2D eigenvalue weighted by Crippen LogP contribution is 2.26. The summed E-state index contributed by atoms with van der Waals surface area (Å²) in [7, 11) is -1.91. The van der Waals surface area contributed by atoms with E-state index >= 15 is 0 Å². The van der Waals surface area contributed by atoms with Gasteiger partial charge >= 0.3 is 0 Å². The Hall–Kier alpha value is -1.27. The molecule has 0 fully saturated rings. The van der Waals surface area contributed by atoms with E-state index in [2.05, 4.69) is 13.8 Å². The van der Waals surface area contributed by atoms with Gasteiger partial charge in [0.25, 0.3) is 0 Å². The van der Waals surface area contributed by atoms with Crippen molar-refractivity contribution in [1.82, 2.24) is 0 Å². The zero-order valence-electron chi connectivity index (χ0n) is 11.1. The summed E-state index contributed by atoms with van der Waals surface area (Å²) in [6.07, 6.45) is 1.03. The van der Waals surface area contributed by atoms with E-state index in [1.54, 1.807) is 12.1 Å². The molecule has 1 aromatic carbocycles. The molecular formula is C12H21N3O2S. The Balaban J connectivity index is 3.16. The van der Waals surface area contributed by atoms with E-state index < -0.39 is 10.0 Å². The number of sulfonamides is 1. The highest BCUT2D eigenvalue weighted by atomic mass is 32.2. The molecule has 1 rings (SSSR count). The number of nitrogen functional groups attached to an aromatic ring is 1. The van der Waals surface area contributed by atoms with Crippen molar-refractivity contribution in [1.29, 1.82) is 0 Å². The van der Waals surface area contributed by atoms with Crippen molar-refractivity contribution < 1.29 is 8.42 Å². The highest BCUT2D eigenvalue weighted by Gasteiger charge is 2.18. The smallest absolute Gasteiger partial charge is 0.240 e. The summed E-state index contributed by atoms with van der Waals surface area (Å²) in [5.74, 6) is 0.473. The summed E-state index contributed by atoms with van der Waals surface area (Å²) in [5.41, 5.74) is 6.59. The first kappa shape index (κ1) is 14.8. The quantitative estimate of drug-likeness (QED) is 0.792. The third kappa shape index (κ3) is 3.61. The van der Waals surface area contributed by atoms with Crippen LogP contribution in [0, 0.1) is 5.92 Å². The van der Waals surface area contributed by atoms with Crippen LogP contribution in [0.4, 0.5) is 11.4 Å². The Morgan fingerprint density at radius 1 is 1.39 bits per heavy atom. The second-order valence-corrected chi connectivity index (χ2v) is 6.20. The summed E-state index contributed by atoms with van der Waals surface area (Å²) >= 11 is 0. The lowest BCUT2D eigenvalue weighted by atomic mass is 10.1. The Labute approximate surface area is 109 Å². The maximum absolute atomic E-state index is 11.6. The molecule has 4 N–H and O–H groups in total. The number of hydrogen-bond donors (Lipinski definition) is 2. The molecule has 0 bridgehead atoms. The minimum Gasteiger partial charge on any atom is -0.399 e. The number of anilines is 2. The van der Waals surface area contributed by atoms with Crippen LogP contribution in [0.25, 0.3) is 0 Å². The molecule has 0 saturated carbocycles. The molecule has 5 nitrogen and oxygen atoms in total.